The van der Waals surface area contributed by atoms with Crippen LogP contribution in [0.2, 0.25) is 0 Å². The largest absolute Gasteiger partial charge is 0.376 e. The average Bonchev–Trinajstić information content (AvgIpc) is 2.46. The lowest BCUT2D eigenvalue weighted by Crippen LogP contribution is -2.61. The summed E-state index contributed by atoms with van der Waals surface area (Å²) in [4.78, 5) is 0. The van der Waals surface area contributed by atoms with Gasteiger partial charge in [0.1, 0.15) is 5.72 Å². The summed E-state index contributed by atoms with van der Waals surface area (Å²) in [5.41, 5.74) is -0.597. The Labute approximate surface area is 123 Å². The van der Waals surface area contributed by atoms with Gasteiger partial charge in [-0.1, -0.05) is 38.5 Å². The highest BCUT2D eigenvalue weighted by Crippen LogP contribution is 2.39. The van der Waals surface area contributed by atoms with E-state index in [0.29, 0.717) is 12.0 Å². The molecule has 3 rings (SSSR count). The minimum Gasteiger partial charge on any atom is -0.376 e. The van der Waals surface area contributed by atoms with E-state index in [9.17, 15) is 5.11 Å². The molecule has 4 atom stereocenters. The minimum atomic E-state index is -0.597. The Morgan fingerprint density at radius 1 is 0.800 bits per heavy atom. The van der Waals surface area contributed by atoms with Crippen LogP contribution in [-0.2, 0) is 0 Å². The summed E-state index contributed by atoms with van der Waals surface area (Å²) in [7, 11) is 0. The van der Waals surface area contributed by atoms with Gasteiger partial charge in [0, 0.05) is 12.0 Å². The topological polar surface area (TPSA) is 44.3 Å². The van der Waals surface area contributed by atoms with Crippen molar-refractivity contribution in [2.24, 2.45) is 11.8 Å². The Bertz CT molecular complexity index is 309. The van der Waals surface area contributed by atoms with Gasteiger partial charge in [0.15, 0.2) is 0 Å². The summed E-state index contributed by atoms with van der Waals surface area (Å²) in [5, 5.41) is 18.5. The maximum atomic E-state index is 11.2. The fourth-order valence-corrected chi connectivity index (χ4v) is 4.78. The van der Waals surface area contributed by atoms with E-state index < -0.39 is 5.72 Å². The van der Waals surface area contributed by atoms with Crippen molar-refractivity contribution in [3.63, 3.8) is 0 Å². The Morgan fingerprint density at radius 2 is 1.60 bits per heavy atom. The van der Waals surface area contributed by atoms with Crippen molar-refractivity contribution in [1.29, 1.82) is 0 Å². The van der Waals surface area contributed by atoms with Crippen molar-refractivity contribution in [2.75, 3.05) is 13.1 Å². The molecule has 2 saturated heterocycles. The molecule has 3 N–H and O–H groups in total. The van der Waals surface area contributed by atoms with Crippen molar-refractivity contribution in [3.8, 4) is 0 Å². The van der Waals surface area contributed by atoms with E-state index in [1.807, 2.05) is 0 Å². The summed E-state index contributed by atoms with van der Waals surface area (Å²) in [6.07, 6.45) is 14.0. The van der Waals surface area contributed by atoms with Crippen LogP contribution in [0, 0.1) is 11.8 Å². The molecular weight excluding hydrogens is 248 g/mol. The smallest absolute Gasteiger partial charge is 0.120 e. The molecule has 2 heterocycles. The van der Waals surface area contributed by atoms with Gasteiger partial charge in [-0.3, -0.25) is 5.32 Å². The van der Waals surface area contributed by atoms with Crippen LogP contribution in [0.3, 0.4) is 0 Å². The molecule has 0 radical (unpaired) electrons. The van der Waals surface area contributed by atoms with Crippen molar-refractivity contribution in [2.45, 2.75) is 82.4 Å². The quantitative estimate of drug-likeness (QED) is 0.639. The van der Waals surface area contributed by atoms with Gasteiger partial charge < -0.3 is 10.4 Å². The van der Waals surface area contributed by atoms with Crippen molar-refractivity contribution in [1.82, 2.24) is 10.6 Å². The summed E-state index contributed by atoms with van der Waals surface area (Å²) >= 11 is 0. The molecule has 3 nitrogen and oxygen atoms in total. The molecule has 2 bridgehead atoms. The fraction of sp³-hybridized carbons (Fsp3) is 1.00. The van der Waals surface area contributed by atoms with Gasteiger partial charge in [-0.15, -0.1) is 0 Å². The predicted molar refractivity (Wildman–Crippen MR) is 82.5 cm³/mol. The number of hydrogen-bond acceptors (Lipinski definition) is 3. The first-order valence-electron chi connectivity index (χ1n) is 8.99. The first-order valence-corrected chi connectivity index (χ1v) is 8.99. The molecule has 0 aromatic carbocycles. The third kappa shape index (κ3) is 3.37. The first-order chi connectivity index (χ1) is 9.78. The monoisotopic (exact) mass is 280 g/mol. The first kappa shape index (κ1) is 14.8. The standard InChI is InChI=1S/C17H32N2O/c20-17-13-14(10-12-19-17)7-3-1-2-6-11-18-16-9-5-4-8-15(16)17/h14-16,18-20H,1-13H2. The van der Waals surface area contributed by atoms with Crippen molar-refractivity contribution in [3.05, 3.63) is 0 Å². The Morgan fingerprint density at radius 3 is 2.55 bits per heavy atom. The molecular formula is C17H32N2O. The number of hydrogen-bond donors (Lipinski definition) is 3. The van der Waals surface area contributed by atoms with E-state index in [-0.39, 0.29) is 0 Å². The van der Waals surface area contributed by atoms with E-state index in [1.54, 1.807) is 0 Å². The summed E-state index contributed by atoms with van der Waals surface area (Å²) in [5.74, 6) is 1.15. The van der Waals surface area contributed by atoms with Gasteiger partial charge >= 0.3 is 0 Å². The fourth-order valence-electron chi connectivity index (χ4n) is 4.78. The maximum absolute atomic E-state index is 11.2. The molecule has 1 saturated carbocycles. The molecule has 4 unspecified atom stereocenters. The molecule has 2 aliphatic heterocycles. The highest BCUT2D eigenvalue weighted by Gasteiger charge is 2.44. The number of aliphatic hydroxyl groups is 1. The molecule has 20 heavy (non-hydrogen) atoms. The second kappa shape index (κ2) is 6.76. The molecule has 1 aliphatic carbocycles. The van der Waals surface area contributed by atoms with Crippen LogP contribution in [0.1, 0.15) is 70.6 Å². The van der Waals surface area contributed by atoms with E-state index in [4.69, 9.17) is 0 Å². The zero-order chi connectivity index (χ0) is 13.8. The van der Waals surface area contributed by atoms with Crippen LogP contribution in [-0.4, -0.2) is 30.0 Å². The lowest BCUT2D eigenvalue weighted by Gasteiger charge is -2.48. The van der Waals surface area contributed by atoms with Crippen LogP contribution < -0.4 is 10.6 Å². The molecule has 3 fully saturated rings. The third-order valence-electron chi connectivity index (χ3n) is 5.91. The summed E-state index contributed by atoms with van der Waals surface area (Å²) in [6.45, 7) is 2.14. The summed E-state index contributed by atoms with van der Waals surface area (Å²) in [6, 6.07) is 0.527. The normalized spacial score (nSPS) is 44.0. The number of piperidine rings is 1. The number of nitrogens with one attached hydrogen (secondary N) is 2. The van der Waals surface area contributed by atoms with Gasteiger partial charge in [-0.05, 0) is 51.1 Å². The molecule has 116 valence electrons. The second-order valence-corrected chi connectivity index (χ2v) is 7.36. The van der Waals surface area contributed by atoms with Gasteiger partial charge in [0.25, 0.3) is 0 Å². The lowest BCUT2D eigenvalue weighted by molar-refractivity contribution is -0.106. The molecule has 3 aliphatic rings. The van der Waals surface area contributed by atoms with Crippen LogP contribution >= 0.6 is 0 Å². The van der Waals surface area contributed by atoms with Crippen LogP contribution in [0.15, 0.2) is 0 Å². The zero-order valence-corrected chi connectivity index (χ0v) is 12.9. The molecule has 0 spiro atoms. The minimum absolute atomic E-state index is 0.415. The Hall–Kier alpha value is -0.120. The van der Waals surface area contributed by atoms with Crippen LogP contribution in [0.5, 0.6) is 0 Å². The molecule has 0 aromatic rings. The highest BCUT2D eigenvalue weighted by molar-refractivity contribution is 4.97. The van der Waals surface area contributed by atoms with E-state index in [2.05, 4.69) is 10.6 Å². The van der Waals surface area contributed by atoms with E-state index >= 15 is 0 Å². The van der Waals surface area contributed by atoms with Crippen molar-refractivity contribution < 1.29 is 5.11 Å². The average molecular weight is 280 g/mol. The molecule has 3 heteroatoms. The Kier molecular flexibility index (Phi) is 5.00. The van der Waals surface area contributed by atoms with Gasteiger partial charge in [-0.25, -0.2) is 0 Å². The lowest BCUT2D eigenvalue weighted by atomic mass is 9.72. The highest BCUT2D eigenvalue weighted by atomic mass is 16.3. The van der Waals surface area contributed by atoms with Gasteiger partial charge in [0.05, 0.1) is 0 Å². The number of fused-ring (bicyclic) bond motifs is 4. The predicted octanol–water partition coefficient (Wildman–Crippen LogP) is 2.79. The van der Waals surface area contributed by atoms with E-state index in [1.165, 1.54) is 64.2 Å². The maximum Gasteiger partial charge on any atom is 0.120 e. The second-order valence-electron chi connectivity index (χ2n) is 7.36. The van der Waals surface area contributed by atoms with Crippen molar-refractivity contribution >= 4 is 0 Å². The Balaban J connectivity index is 1.74. The van der Waals surface area contributed by atoms with Crippen LogP contribution in [0.25, 0.3) is 0 Å². The molecule has 0 amide bonds. The number of rotatable bonds is 0. The van der Waals surface area contributed by atoms with Crippen LogP contribution in [0.4, 0.5) is 0 Å². The SMILES string of the molecule is OC12CC(CCCCCCNC3CCCCC31)CCN2. The van der Waals surface area contributed by atoms with Gasteiger partial charge in [0.2, 0.25) is 0 Å². The van der Waals surface area contributed by atoms with Gasteiger partial charge in [-0.2, -0.15) is 0 Å². The molecule has 0 aromatic heterocycles. The van der Waals surface area contributed by atoms with E-state index in [0.717, 1.165) is 25.4 Å². The summed E-state index contributed by atoms with van der Waals surface area (Å²) < 4.78 is 0. The zero-order valence-electron chi connectivity index (χ0n) is 12.9. The third-order valence-corrected chi connectivity index (χ3v) is 5.91.